The van der Waals surface area contributed by atoms with Gasteiger partial charge >= 0.3 is 0 Å². The standard InChI is InChI=1S/C48H30N2/c1-2-13-33(14-3-1)48-49-45(30-46(50-48)37-24-25-41-35(27-37)22-21-31-11-4-7-18-39(31)41)36-16-10-17-38(28-36)47-42-20-9-6-15-34(42)29-44-40-19-8-5-12-32(40)23-26-43(44)47/h1-30H. The Morgan fingerprint density at radius 3 is 1.56 bits per heavy atom. The zero-order chi connectivity index (χ0) is 33.0. The normalized spacial score (nSPS) is 11.6. The molecule has 2 nitrogen and oxygen atoms in total. The number of hydrogen-bond acceptors (Lipinski definition) is 2. The molecular weight excluding hydrogens is 605 g/mol. The Labute approximate surface area is 290 Å². The highest BCUT2D eigenvalue weighted by Crippen LogP contribution is 2.41. The molecule has 0 aliphatic heterocycles. The number of fused-ring (bicyclic) bond motifs is 7. The molecule has 9 aromatic carbocycles. The van der Waals surface area contributed by atoms with E-state index in [0.29, 0.717) is 5.82 Å². The van der Waals surface area contributed by atoms with Crippen LogP contribution in [0.3, 0.4) is 0 Å². The molecule has 0 amide bonds. The van der Waals surface area contributed by atoms with Gasteiger partial charge < -0.3 is 0 Å². The maximum atomic E-state index is 5.19. The van der Waals surface area contributed by atoms with E-state index in [0.717, 1.165) is 28.1 Å². The fourth-order valence-electron chi connectivity index (χ4n) is 7.60. The lowest BCUT2D eigenvalue weighted by Crippen LogP contribution is -1.96. The van der Waals surface area contributed by atoms with Crippen LogP contribution in [-0.4, -0.2) is 9.97 Å². The van der Waals surface area contributed by atoms with Crippen LogP contribution in [0.2, 0.25) is 0 Å². The highest BCUT2D eigenvalue weighted by atomic mass is 14.9. The number of aromatic nitrogens is 2. The zero-order valence-electron chi connectivity index (χ0n) is 27.2. The van der Waals surface area contributed by atoms with Crippen molar-refractivity contribution >= 4 is 53.9 Å². The van der Waals surface area contributed by atoms with Crippen LogP contribution in [0, 0.1) is 0 Å². The minimum absolute atomic E-state index is 0.712. The minimum atomic E-state index is 0.712. The molecule has 0 atom stereocenters. The molecule has 10 rings (SSSR count). The first-order valence-corrected chi connectivity index (χ1v) is 17.1. The van der Waals surface area contributed by atoms with Crippen molar-refractivity contribution in [3.8, 4) is 45.0 Å². The molecule has 0 fully saturated rings. The van der Waals surface area contributed by atoms with Gasteiger partial charge in [-0.1, -0.05) is 158 Å². The van der Waals surface area contributed by atoms with E-state index in [9.17, 15) is 0 Å². The smallest absolute Gasteiger partial charge is 0.160 e. The Kier molecular flexibility index (Phi) is 6.53. The second-order valence-electron chi connectivity index (χ2n) is 13.0. The molecule has 1 aromatic heterocycles. The first kappa shape index (κ1) is 28.4. The Morgan fingerprint density at radius 1 is 0.260 bits per heavy atom. The zero-order valence-corrected chi connectivity index (χ0v) is 27.2. The van der Waals surface area contributed by atoms with E-state index >= 15 is 0 Å². The summed E-state index contributed by atoms with van der Waals surface area (Å²) in [6, 6.07) is 65.2. The van der Waals surface area contributed by atoms with Crippen molar-refractivity contribution in [2.45, 2.75) is 0 Å². The molecule has 0 aliphatic carbocycles. The van der Waals surface area contributed by atoms with Crippen molar-refractivity contribution in [1.82, 2.24) is 9.97 Å². The van der Waals surface area contributed by atoms with Gasteiger partial charge in [-0.05, 0) is 89.3 Å². The monoisotopic (exact) mass is 634 g/mol. The highest BCUT2D eigenvalue weighted by molar-refractivity contribution is 6.20. The van der Waals surface area contributed by atoms with Gasteiger partial charge in [0.1, 0.15) is 0 Å². The molecule has 0 saturated heterocycles. The Hall–Kier alpha value is -6.64. The van der Waals surface area contributed by atoms with Crippen LogP contribution in [0.4, 0.5) is 0 Å². The van der Waals surface area contributed by atoms with Gasteiger partial charge in [-0.15, -0.1) is 0 Å². The molecule has 50 heavy (non-hydrogen) atoms. The molecule has 0 bridgehead atoms. The van der Waals surface area contributed by atoms with Crippen molar-refractivity contribution in [3.05, 3.63) is 182 Å². The van der Waals surface area contributed by atoms with Crippen LogP contribution in [0.5, 0.6) is 0 Å². The predicted molar refractivity (Wildman–Crippen MR) is 211 cm³/mol. The molecule has 232 valence electrons. The van der Waals surface area contributed by atoms with E-state index in [1.54, 1.807) is 0 Å². The average molecular weight is 635 g/mol. The van der Waals surface area contributed by atoms with Gasteiger partial charge in [-0.25, -0.2) is 9.97 Å². The van der Waals surface area contributed by atoms with E-state index in [1.165, 1.54) is 65.0 Å². The van der Waals surface area contributed by atoms with E-state index < -0.39 is 0 Å². The maximum absolute atomic E-state index is 5.19. The topological polar surface area (TPSA) is 25.8 Å². The summed E-state index contributed by atoms with van der Waals surface area (Å²) in [5.41, 5.74) is 7.31. The molecule has 0 N–H and O–H groups in total. The second-order valence-corrected chi connectivity index (χ2v) is 13.0. The van der Waals surface area contributed by atoms with Crippen molar-refractivity contribution in [2.24, 2.45) is 0 Å². The lowest BCUT2D eigenvalue weighted by atomic mass is 9.89. The number of hydrogen-bond donors (Lipinski definition) is 0. The summed E-state index contributed by atoms with van der Waals surface area (Å²) < 4.78 is 0. The molecule has 10 aromatic rings. The van der Waals surface area contributed by atoms with Gasteiger partial charge in [0.2, 0.25) is 0 Å². The highest BCUT2D eigenvalue weighted by Gasteiger charge is 2.15. The van der Waals surface area contributed by atoms with E-state index in [2.05, 4.69) is 164 Å². The summed E-state index contributed by atoms with van der Waals surface area (Å²) >= 11 is 0. The van der Waals surface area contributed by atoms with E-state index in [1.807, 2.05) is 18.2 Å². The SMILES string of the molecule is c1ccc(-c2nc(-c3cccc(-c4c5ccccc5cc5c4ccc4ccccc45)c3)cc(-c3ccc4c(ccc5ccccc54)c3)n2)cc1. The lowest BCUT2D eigenvalue weighted by molar-refractivity contribution is 1.18. The van der Waals surface area contributed by atoms with Gasteiger partial charge in [0.05, 0.1) is 11.4 Å². The van der Waals surface area contributed by atoms with Crippen LogP contribution < -0.4 is 0 Å². The van der Waals surface area contributed by atoms with Crippen molar-refractivity contribution in [1.29, 1.82) is 0 Å². The van der Waals surface area contributed by atoms with Gasteiger partial charge in [-0.2, -0.15) is 0 Å². The van der Waals surface area contributed by atoms with Crippen LogP contribution >= 0.6 is 0 Å². The third kappa shape index (κ3) is 4.73. The predicted octanol–water partition coefficient (Wildman–Crippen LogP) is 12.9. The fourth-order valence-corrected chi connectivity index (χ4v) is 7.60. The summed E-state index contributed by atoms with van der Waals surface area (Å²) in [4.78, 5) is 10.3. The van der Waals surface area contributed by atoms with Crippen LogP contribution in [0.15, 0.2) is 182 Å². The van der Waals surface area contributed by atoms with Gasteiger partial charge in [0.15, 0.2) is 5.82 Å². The Morgan fingerprint density at radius 2 is 0.780 bits per heavy atom. The van der Waals surface area contributed by atoms with Gasteiger partial charge in [0.25, 0.3) is 0 Å². The van der Waals surface area contributed by atoms with Crippen LogP contribution in [0.1, 0.15) is 0 Å². The summed E-state index contributed by atoms with van der Waals surface area (Å²) in [6.07, 6.45) is 0. The quantitative estimate of drug-likeness (QED) is 0.142. The van der Waals surface area contributed by atoms with Crippen LogP contribution in [0.25, 0.3) is 98.9 Å². The lowest BCUT2D eigenvalue weighted by Gasteiger charge is -2.15. The molecule has 1 heterocycles. The summed E-state index contributed by atoms with van der Waals surface area (Å²) in [5.74, 6) is 0.712. The number of nitrogens with zero attached hydrogens (tertiary/aromatic N) is 2. The minimum Gasteiger partial charge on any atom is -0.228 e. The average Bonchev–Trinajstić information content (AvgIpc) is 3.20. The molecule has 0 aliphatic rings. The van der Waals surface area contributed by atoms with Gasteiger partial charge in [-0.3, -0.25) is 0 Å². The summed E-state index contributed by atoms with van der Waals surface area (Å²) in [7, 11) is 0. The number of rotatable bonds is 4. The summed E-state index contributed by atoms with van der Waals surface area (Å²) in [5, 5.41) is 12.4. The number of benzene rings is 9. The second kappa shape index (κ2) is 11.5. The molecule has 0 unspecified atom stereocenters. The van der Waals surface area contributed by atoms with Crippen molar-refractivity contribution in [2.75, 3.05) is 0 Å². The fraction of sp³-hybridized carbons (Fsp3) is 0. The van der Waals surface area contributed by atoms with E-state index in [-0.39, 0.29) is 0 Å². The Balaban J connectivity index is 1.18. The molecule has 0 spiro atoms. The maximum Gasteiger partial charge on any atom is 0.160 e. The molecule has 2 heteroatoms. The first-order valence-electron chi connectivity index (χ1n) is 17.1. The summed E-state index contributed by atoms with van der Waals surface area (Å²) in [6.45, 7) is 0. The molecule has 0 saturated carbocycles. The van der Waals surface area contributed by atoms with Crippen molar-refractivity contribution in [3.63, 3.8) is 0 Å². The van der Waals surface area contributed by atoms with Crippen LogP contribution in [-0.2, 0) is 0 Å². The largest absolute Gasteiger partial charge is 0.228 e. The first-order chi connectivity index (χ1) is 24.8. The van der Waals surface area contributed by atoms with Crippen molar-refractivity contribution < 1.29 is 0 Å². The molecular formula is C48H30N2. The Bertz CT molecular complexity index is 2920. The van der Waals surface area contributed by atoms with Gasteiger partial charge in [0, 0.05) is 16.7 Å². The third-order valence-corrected chi connectivity index (χ3v) is 10.0. The van der Waals surface area contributed by atoms with E-state index in [4.69, 9.17) is 9.97 Å². The molecule has 0 radical (unpaired) electrons. The third-order valence-electron chi connectivity index (χ3n) is 10.0.